The van der Waals surface area contributed by atoms with Crippen molar-refractivity contribution < 1.29 is 0 Å². The van der Waals surface area contributed by atoms with E-state index in [2.05, 4.69) is 80.7 Å². The van der Waals surface area contributed by atoms with Crippen molar-refractivity contribution >= 4 is 0 Å². The summed E-state index contributed by atoms with van der Waals surface area (Å²) in [6.45, 7) is 6.65. The second kappa shape index (κ2) is 7.25. The largest absolute Gasteiger partial charge is 0.307 e. The summed E-state index contributed by atoms with van der Waals surface area (Å²) in [6, 6.07) is 20.5. The zero-order valence-electron chi connectivity index (χ0n) is 12.8. The summed E-state index contributed by atoms with van der Waals surface area (Å²) < 4.78 is 0. The van der Waals surface area contributed by atoms with Gasteiger partial charge in [-0.15, -0.1) is 0 Å². The molecule has 0 saturated carbocycles. The summed E-state index contributed by atoms with van der Waals surface area (Å²) in [4.78, 5) is 0. The third-order valence-corrected chi connectivity index (χ3v) is 3.76. The lowest BCUT2D eigenvalue weighted by molar-refractivity contribution is 0.443. The molecule has 2 aromatic carbocycles. The molecule has 0 aliphatic rings. The van der Waals surface area contributed by atoms with Crippen LogP contribution in [0.1, 0.15) is 43.0 Å². The van der Waals surface area contributed by atoms with Crippen LogP contribution in [-0.2, 0) is 6.42 Å². The first-order valence-electron chi connectivity index (χ1n) is 7.55. The van der Waals surface area contributed by atoms with Gasteiger partial charge in [-0.3, -0.25) is 0 Å². The smallest absolute Gasteiger partial charge is 0.0320 e. The molecule has 1 nitrogen and oxygen atoms in total. The van der Waals surface area contributed by atoms with Crippen LogP contribution >= 0.6 is 0 Å². The summed E-state index contributed by atoms with van der Waals surface area (Å²) in [5, 5.41) is 3.75. The van der Waals surface area contributed by atoms with Crippen LogP contribution in [0.15, 0.2) is 54.6 Å². The Morgan fingerprint density at radius 1 is 0.950 bits per heavy atom. The lowest BCUT2D eigenvalue weighted by atomic mass is 10.0. The van der Waals surface area contributed by atoms with E-state index in [1.807, 2.05) is 0 Å². The van der Waals surface area contributed by atoms with Gasteiger partial charge in [-0.2, -0.15) is 0 Å². The number of nitrogens with one attached hydrogen (secondary N) is 1. The fraction of sp³-hybridized carbons (Fsp3) is 0.368. The van der Waals surface area contributed by atoms with Gasteiger partial charge in [-0.25, -0.2) is 0 Å². The van der Waals surface area contributed by atoms with E-state index in [0.717, 1.165) is 12.8 Å². The van der Waals surface area contributed by atoms with E-state index < -0.39 is 0 Å². The third-order valence-electron chi connectivity index (χ3n) is 3.76. The summed E-state index contributed by atoms with van der Waals surface area (Å²) in [7, 11) is 0. The van der Waals surface area contributed by atoms with Crippen molar-refractivity contribution in [1.29, 1.82) is 0 Å². The second-order valence-electron chi connectivity index (χ2n) is 5.63. The Hall–Kier alpha value is -1.60. The maximum absolute atomic E-state index is 3.75. The molecule has 2 atom stereocenters. The van der Waals surface area contributed by atoms with Gasteiger partial charge in [0.2, 0.25) is 0 Å². The number of hydrogen-bond donors (Lipinski definition) is 1. The standard InChI is InChI=1S/C19H25N/c1-4-19(18-12-10-15(2)11-13-18)20-16(3)14-17-8-6-5-7-9-17/h5-13,16,19-20H,4,14H2,1-3H3. The molecule has 0 aromatic heterocycles. The van der Waals surface area contributed by atoms with Crippen LogP contribution in [-0.4, -0.2) is 6.04 Å². The molecule has 0 saturated heterocycles. The summed E-state index contributed by atoms with van der Waals surface area (Å²) in [5.74, 6) is 0. The number of rotatable bonds is 6. The number of aryl methyl sites for hydroxylation is 1. The quantitative estimate of drug-likeness (QED) is 0.802. The lowest BCUT2D eigenvalue weighted by Crippen LogP contribution is -2.31. The highest BCUT2D eigenvalue weighted by Crippen LogP contribution is 2.18. The minimum absolute atomic E-state index is 0.439. The highest BCUT2D eigenvalue weighted by atomic mass is 14.9. The van der Waals surface area contributed by atoms with Crippen LogP contribution in [0, 0.1) is 6.92 Å². The minimum atomic E-state index is 0.439. The van der Waals surface area contributed by atoms with Crippen LogP contribution in [0.4, 0.5) is 0 Å². The molecular weight excluding hydrogens is 242 g/mol. The van der Waals surface area contributed by atoms with Crippen LogP contribution in [0.25, 0.3) is 0 Å². The molecular formula is C19H25N. The Balaban J connectivity index is 1.97. The third kappa shape index (κ3) is 4.21. The van der Waals surface area contributed by atoms with E-state index in [0.29, 0.717) is 12.1 Å². The molecule has 1 heteroatoms. The molecule has 0 spiro atoms. The first-order chi connectivity index (χ1) is 9.69. The molecule has 0 bridgehead atoms. The predicted molar refractivity (Wildman–Crippen MR) is 87.0 cm³/mol. The zero-order valence-corrected chi connectivity index (χ0v) is 12.8. The Bertz CT molecular complexity index is 501. The van der Waals surface area contributed by atoms with Gasteiger partial charge in [-0.05, 0) is 37.8 Å². The summed E-state index contributed by atoms with van der Waals surface area (Å²) >= 11 is 0. The Morgan fingerprint density at radius 2 is 1.60 bits per heavy atom. The van der Waals surface area contributed by atoms with Gasteiger partial charge in [0.25, 0.3) is 0 Å². The van der Waals surface area contributed by atoms with Crippen LogP contribution in [0.3, 0.4) is 0 Å². The maximum atomic E-state index is 3.75. The molecule has 106 valence electrons. The van der Waals surface area contributed by atoms with E-state index in [4.69, 9.17) is 0 Å². The number of benzene rings is 2. The van der Waals surface area contributed by atoms with Gasteiger partial charge in [0, 0.05) is 12.1 Å². The molecule has 2 rings (SSSR count). The Kier molecular flexibility index (Phi) is 5.37. The molecule has 0 aliphatic heterocycles. The molecule has 0 radical (unpaired) electrons. The van der Waals surface area contributed by atoms with Gasteiger partial charge in [0.05, 0.1) is 0 Å². The second-order valence-corrected chi connectivity index (χ2v) is 5.63. The van der Waals surface area contributed by atoms with Crippen LogP contribution in [0.2, 0.25) is 0 Å². The van der Waals surface area contributed by atoms with E-state index in [1.54, 1.807) is 0 Å². The first kappa shape index (κ1) is 14.8. The van der Waals surface area contributed by atoms with E-state index in [-0.39, 0.29) is 0 Å². The van der Waals surface area contributed by atoms with Crippen molar-refractivity contribution in [2.24, 2.45) is 0 Å². The summed E-state index contributed by atoms with van der Waals surface area (Å²) in [6.07, 6.45) is 2.19. The van der Waals surface area contributed by atoms with Gasteiger partial charge in [0.1, 0.15) is 0 Å². The van der Waals surface area contributed by atoms with Crippen molar-refractivity contribution in [3.63, 3.8) is 0 Å². The predicted octanol–water partition coefficient (Wildman–Crippen LogP) is 4.67. The fourth-order valence-electron chi connectivity index (χ4n) is 2.62. The molecule has 1 N–H and O–H groups in total. The van der Waals surface area contributed by atoms with Crippen molar-refractivity contribution in [1.82, 2.24) is 5.32 Å². The molecule has 0 heterocycles. The number of hydrogen-bond acceptors (Lipinski definition) is 1. The van der Waals surface area contributed by atoms with Crippen molar-refractivity contribution in [3.05, 3.63) is 71.3 Å². The topological polar surface area (TPSA) is 12.0 Å². The molecule has 2 unspecified atom stereocenters. The van der Waals surface area contributed by atoms with Gasteiger partial charge < -0.3 is 5.32 Å². The molecule has 0 amide bonds. The first-order valence-corrected chi connectivity index (χ1v) is 7.55. The monoisotopic (exact) mass is 267 g/mol. The van der Waals surface area contributed by atoms with Crippen molar-refractivity contribution in [2.75, 3.05) is 0 Å². The normalized spacial score (nSPS) is 13.9. The average Bonchev–Trinajstić information content (AvgIpc) is 2.47. The molecule has 20 heavy (non-hydrogen) atoms. The maximum Gasteiger partial charge on any atom is 0.0320 e. The van der Waals surface area contributed by atoms with E-state index >= 15 is 0 Å². The minimum Gasteiger partial charge on any atom is -0.307 e. The lowest BCUT2D eigenvalue weighted by Gasteiger charge is -2.23. The van der Waals surface area contributed by atoms with E-state index in [1.165, 1.54) is 16.7 Å². The SMILES string of the molecule is CCC(NC(C)Cc1ccccc1)c1ccc(C)cc1. The Labute approximate surface area is 123 Å². The fourth-order valence-corrected chi connectivity index (χ4v) is 2.62. The van der Waals surface area contributed by atoms with Gasteiger partial charge in [0.15, 0.2) is 0 Å². The van der Waals surface area contributed by atoms with E-state index in [9.17, 15) is 0 Å². The highest BCUT2D eigenvalue weighted by molar-refractivity contribution is 5.24. The molecule has 0 aliphatic carbocycles. The summed E-state index contributed by atoms with van der Waals surface area (Å²) in [5.41, 5.74) is 4.10. The van der Waals surface area contributed by atoms with Crippen molar-refractivity contribution in [3.8, 4) is 0 Å². The van der Waals surface area contributed by atoms with Crippen LogP contribution < -0.4 is 5.32 Å². The van der Waals surface area contributed by atoms with Crippen molar-refractivity contribution in [2.45, 2.75) is 45.7 Å². The molecule has 2 aromatic rings. The highest BCUT2D eigenvalue weighted by Gasteiger charge is 2.12. The van der Waals surface area contributed by atoms with Gasteiger partial charge in [-0.1, -0.05) is 67.1 Å². The Morgan fingerprint density at radius 3 is 2.20 bits per heavy atom. The average molecular weight is 267 g/mol. The molecule has 0 fully saturated rings. The van der Waals surface area contributed by atoms with Crippen LogP contribution in [0.5, 0.6) is 0 Å². The van der Waals surface area contributed by atoms with Gasteiger partial charge >= 0.3 is 0 Å². The zero-order chi connectivity index (χ0) is 14.4.